The largest absolute Gasteiger partial charge is 0.309 e. The van der Waals surface area contributed by atoms with Gasteiger partial charge in [0.05, 0.1) is 16.7 Å². The first-order valence-electron chi connectivity index (χ1n) is 19.0. The van der Waals surface area contributed by atoms with Crippen molar-refractivity contribution in [3.8, 4) is 50.2 Å². The van der Waals surface area contributed by atoms with Crippen molar-refractivity contribution in [3.63, 3.8) is 0 Å². The Morgan fingerprint density at radius 2 is 0.782 bits per heavy atom. The highest BCUT2D eigenvalue weighted by Gasteiger charge is 2.18. The highest BCUT2D eigenvalue weighted by molar-refractivity contribution is 6.25. The number of hydrogen-bond donors (Lipinski definition) is 0. The van der Waals surface area contributed by atoms with Crippen molar-refractivity contribution < 1.29 is 0 Å². The third kappa shape index (κ3) is 5.43. The highest BCUT2D eigenvalue weighted by Crippen LogP contribution is 2.42. The van der Waals surface area contributed by atoms with Gasteiger partial charge in [0.1, 0.15) is 0 Å². The van der Waals surface area contributed by atoms with Crippen molar-refractivity contribution in [2.24, 2.45) is 0 Å². The zero-order valence-corrected chi connectivity index (χ0v) is 30.7. The first-order valence-corrected chi connectivity index (χ1v) is 19.0. The van der Waals surface area contributed by atoms with Crippen LogP contribution in [0.25, 0.3) is 104 Å². The van der Waals surface area contributed by atoms with E-state index in [0.717, 1.165) is 22.3 Å². The second kappa shape index (κ2) is 13.4. The van der Waals surface area contributed by atoms with E-state index in [1.807, 2.05) is 50.8 Å². The lowest BCUT2D eigenvalue weighted by atomic mass is 9.93. The SMILES string of the molecule is CC.c1cncc(-c2ccc(-c3ccc4c(c3)c3cc(-c5ccc(-c6cccnc6)cc5)ccc3n4-c3ccc4ccc5cccc6ccc3c4c56)cc2)c1. The predicted molar refractivity (Wildman–Crippen MR) is 233 cm³/mol. The molecule has 0 saturated heterocycles. The van der Waals surface area contributed by atoms with Gasteiger partial charge in [-0.1, -0.05) is 135 Å². The Kier molecular flexibility index (Phi) is 7.92. The van der Waals surface area contributed by atoms with E-state index in [1.165, 1.54) is 82.1 Å². The molecule has 0 N–H and O–H groups in total. The highest BCUT2D eigenvalue weighted by atomic mass is 15.0. The van der Waals surface area contributed by atoms with E-state index in [1.54, 1.807) is 0 Å². The number of fused-ring (bicyclic) bond motifs is 3. The van der Waals surface area contributed by atoms with Crippen molar-refractivity contribution in [3.05, 3.63) is 189 Å². The summed E-state index contributed by atoms with van der Waals surface area (Å²) in [4.78, 5) is 8.63. The van der Waals surface area contributed by atoms with E-state index in [9.17, 15) is 0 Å². The molecule has 0 saturated carbocycles. The lowest BCUT2D eigenvalue weighted by Gasteiger charge is -2.16. The Bertz CT molecular complexity index is 2970. The summed E-state index contributed by atoms with van der Waals surface area (Å²) in [6.45, 7) is 4.00. The predicted octanol–water partition coefficient (Wildman–Crippen LogP) is 14.2. The standard InChI is InChI=1S/C50H31N3.C2H6/c1-4-36-16-17-38-19-23-46(43-22-18-37(5-1)49(36)50(38)43)53-47-24-20-39(32-8-12-34(13-9-32)41-6-2-26-51-30-41)28-44(47)45-29-40(21-25-48(45)53)33-10-14-35(15-11-33)42-7-3-27-52-31-42;1-2/h1-31H;1-2H3. The van der Waals surface area contributed by atoms with Crippen molar-refractivity contribution in [2.75, 3.05) is 0 Å². The van der Waals surface area contributed by atoms with Crippen LogP contribution in [0.4, 0.5) is 0 Å². The summed E-state index contributed by atoms with van der Waals surface area (Å²) in [6.07, 6.45) is 7.46. The fourth-order valence-electron chi connectivity index (χ4n) is 8.33. The molecule has 0 aliphatic rings. The van der Waals surface area contributed by atoms with Gasteiger partial charge >= 0.3 is 0 Å². The van der Waals surface area contributed by atoms with E-state index in [2.05, 4.69) is 166 Å². The summed E-state index contributed by atoms with van der Waals surface area (Å²) in [6, 6.07) is 60.0. The minimum absolute atomic E-state index is 1.12. The quantitative estimate of drug-likeness (QED) is 0.167. The minimum atomic E-state index is 1.12. The smallest absolute Gasteiger partial charge is 0.0541 e. The number of rotatable bonds is 5. The molecule has 3 heterocycles. The van der Waals surface area contributed by atoms with Crippen molar-refractivity contribution in [1.29, 1.82) is 0 Å². The number of pyridine rings is 2. The zero-order valence-electron chi connectivity index (χ0n) is 30.7. The second-order valence-electron chi connectivity index (χ2n) is 13.9. The first kappa shape index (κ1) is 32.5. The van der Waals surface area contributed by atoms with Gasteiger partial charge in [-0.05, 0) is 114 Å². The summed E-state index contributed by atoms with van der Waals surface area (Å²) in [5.74, 6) is 0. The molecule has 0 aliphatic carbocycles. The van der Waals surface area contributed by atoms with Crippen LogP contribution in [0, 0.1) is 0 Å². The molecule has 3 aromatic heterocycles. The van der Waals surface area contributed by atoms with Gasteiger partial charge in [-0.15, -0.1) is 0 Å². The number of benzene rings is 8. The van der Waals surface area contributed by atoms with Crippen LogP contribution in [0.15, 0.2) is 189 Å². The van der Waals surface area contributed by atoms with Crippen LogP contribution in [-0.4, -0.2) is 14.5 Å². The van der Waals surface area contributed by atoms with Gasteiger partial charge in [0.15, 0.2) is 0 Å². The Labute approximate surface area is 320 Å². The molecule has 55 heavy (non-hydrogen) atoms. The average Bonchev–Trinajstić information content (AvgIpc) is 3.59. The lowest BCUT2D eigenvalue weighted by molar-refractivity contribution is 1.20. The molecule has 0 unspecified atom stereocenters. The van der Waals surface area contributed by atoms with Crippen LogP contribution in [0.2, 0.25) is 0 Å². The van der Waals surface area contributed by atoms with Crippen molar-refractivity contribution >= 4 is 54.1 Å². The molecule has 0 aliphatic heterocycles. The lowest BCUT2D eigenvalue weighted by Crippen LogP contribution is -1.96. The van der Waals surface area contributed by atoms with Crippen LogP contribution >= 0.6 is 0 Å². The Balaban J connectivity index is 0.00000183. The Morgan fingerprint density at radius 3 is 1.27 bits per heavy atom. The fraction of sp³-hybridized carbons (Fsp3) is 0.0385. The van der Waals surface area contributed by atoms with E-state index < -0.39 is 0 Å². The van der Waals surface area contributed by atoms with E-state index in [-0.39, 0.29) is 0 Å². The number of aromatic nitrogens is 3. The zero-order chi connectivity index (χ0) is 36.9. The van der Waals surface area contributed by atoms with Crippen LogP contribution < -0.4 is 0 Å². The number of nitrogens with zero attached hydrogens (tertiary/aromatic N) is 3. The van der Waals surface area contributed by atoms with Crippen LogP contribution in [-0.2, 0) is 0 Å². The summed E-state index contributed by atoms with van der Waals surface area (Å²) >= 11 is 0. The van der Waals surface area contributed by atoms with E-state index in [4.69, 9.17) is 0 Å². The molecule has 0 radical (unpaired) electrons. The maximum Gasteiger partial charge on any atom is 0.0541 e. The Morgan fingerprint density at radius 1 is 0.345 bits per heavy atom. The summed E-state index contributed by atoms with van der Waals surface area (Å²) in [5.41, 5.74) is 12.9. The van der Waals surface area contributed by atoms with Gasteiger partial charge < -0.3 is 4.57 Å². The molecular formula is C52H37N3. The molecule has 8 aromatic carbocycles. The van der Waals surface area contributed by atoms with Gasteiger partial charge in [-0.2, -0.15) is 0 Å². The summed E-state index contributed by atoms with van der Waals surface area (Å²) in [5, 5.41) is 10.2. The van der Waals surface area contributed by atoms with Gasteiger partial charge in [-0.25, -0.2) is 0 Å². The van der Waals surface area contributed by atoms with Gasteiger partial charge in [0.25, 0.3) is 0 Å². The third-order valence-electron chi connectivity index (χ3n) is 10.9. The third-order valence-corrected chi connectivity index (χ3v) is 10.9. The van der Waals surface area contributed by atoms with Gasteiger partial charge in [-0.3, -0.25) is 9.97 Å². The summed E-state index contributed by atoms with van der Waals surface area (Å²) < 4.78 is 2.47. The molecule has 0 atom stereocenters. The Hall–Kier alpha value is -7.10. The van der Waals surface area contributed by atoms with Crippen molar-refractivity contribution in [1.82, 2.24) is 14.5 Å². The normalized spacial score (nSPS) is 11.5. The van der Waals surface area contributed by atoms with Crippen molar-refractivity contribution in [2.45, 2.75) is 13.8 Å². The van der Waals surface area contributed by atoms with Crippen LogP contribution in [0.3, 0.4) is 0 Å². The van der Waals surface area contributed by atoms with Crippen LogP contribution in [0.5, 0.6) is 0 Å². The molecule has 3 nitrogen and oxygen atoms in total. The fourth-order valence-corrected chi connectivity index (χ4v) is 8.33. The number of hydrogen-bond acceptors (Lipinski definition) is 2. The maximum atomic E-state index is 4.32. The van der Waals surface area contributed by atoms with E-state index >= 15 is 0 Å². The maximum absolute atomic E-state index is 4.32. The average molecular weight is 704 g/mol. The molecule has 260 valence electrons. The molecule has 0 bridgehead atoms. The van der Waals surface area contributed by atoms with Gasteiger partial charge in [0, 0.05) is 40.9 Å². The van der Waals surface area contributed by atoms with Crippen LogP contribution in [0.1, 0.15) is 13.8 Å². The van der Waals surface area contributed by atoms with Gasteiger partial charge in [0.2, 0.25) is 0 Å². The molecule has 0 amide bonds. The molecule has 11 rings (SSSR count). The summed E-state index contributed by atoms with van der Waals surface area (Å²) in [7, 11) is 0. The molecular weight excluding hydrogens is 667 g/mol. The second-order valence-corrected chi connectivity index (χ2v) is 13.9. The minimum Gasteiger partial charge on any atom is -0.309 e. The molecule has 3 heteroatoms. The molecule has 0 fully saturated rings. The monoisotopic (exact) mass is 703 g/mol. The molecule has 0 spiro atoms. The van der Waals surface area contributed by atoms with E-state index in [0.29, 0.717) is 0 Å². The topological polar surface area (TPSA) is 30.7 Å². The first-order chi connectivity index (χ1) is 27.3. The molecule has 11 aromatic rings.